The number of hydrogen-bond donors (Lipinski definition) is 2. The molecule has 3 rings (SSSR count). The monoisotopic (exact) mass is 421 g/mol. The van der Waals surface area contributed by atoms with Crippen molar-refractivity contribution in [2.75, 3.05) is 6.54 Å². The summed E-state index contributed by atoms with van der Waals surface area (Å²) in [5.74, 6) is -1.70. The van der Waals surface area contributed by atoms with Crippen LogP contribution in [0.1, 0.15) is 31.4 Å². The summed E-state index contributed by atoms with van der Waals surface area (Å²) >= 11 is 5.97. The molecule has 1 saturated heterocycles. The van der Waals surface area contributed by atoms with Crippen LogP contribution in [-0.2, 0) is 17.9 Å². The summed E-state index contributed by atoms with van der Waals surface area (Å²) in [5.41, 5.74) is 1.75. The highest BCUT2D eigenvalue weighted by atomic mass is 35.5. The summed E-state index contributed by atoms with van der Waals surface area (Å²) in [6.07, 6.45) is 0.649. The number of hydrogen-bond acceptors (Lipinski definition) is 3. The topological polar surface area (TPSA) is 44.4 Å². The third kappa shape index (κ3) is 5.98. The fourth-order valence-corrected chi connectivity index (χ4v) is 3.74. The molecule has 0 bridgehead atoms. The van der Waals surface area contributed by atoms with Gasteiger partial charge in [0, 0.05) is 36.7 Å². The zero-order chi connectivity index (χ0) is 21.0. The van der Waals surface area contributed by atoms with Crippen LogP contribution in [0.2, 0.25) is 5.02 Å². The smallest absolute Gasteiger partial charge is 0.237 e. The van der Waals surface area contributed by atoms with Gasteiger partial charge in [-0.05, 0) is 55.7 Å². The molecule has 1 fully saturated rings. The standard InChI is InChI=1S/C22H26ClF2N3O/c1-14(2)27-22(29)21-10-18(26-11-16-5-8-19(24)20(25)9-16)13-28(21)12-15-3-6-17(23)7-4-15/h3-9,14,18,21,26H,10-13H2,1-2H3,(H,27,29)/t18-,21+/m1/s1. The first-order chi connectivity index (χ1) is 13.8. The molecule has 2 aromatic rings. The minimum Gasteiger partial charge on any atom is -0.353 e. The maximum absolute atomic E-state index is 13.4. The molecule has 2 N–H and O–H groups in total. The lowest BCUT2D eigenvalue weighted by Crippen LogP contribution is -2.45. The van der Waals surface area contributed by atoms with Crippen molar-refractivity contribution < 1.29 is 13.6 Å². The van der Waals surface area contributed by atoms with Crippen molar-refractivity contribution >= 4 is 17.5 Å². The van der Waals surface area contributed by atoms with Gasteiger partial charge in [0.2, 0.25) is 5.91 Å². The highest BCUT2D eigenvalue weighted by Crippen LogP contribution is 2.22. The molecule has 1 aliphatic heterocycles. The third-order valence-electron chi connectivity index (χ3n) is 5.01. The number of carbonyl (C=O) groups excluding carboxylic acids is 1. The van der Waals surface area contributed by atoms with Gasteiger partial charge in [0.05, 0.1) is 6.04 Å². The number of rotatable bonds is 7. The second-order valence-corrected chi connectivity index (χ2v) is 8.23. The Bertz CT molecular complexity index is 844. The molecular weight excluding hydrogens is 396 g/mol. The zero-order valence-electron chi connectivity index (χ0n) is 16.6. The number of halogens is 3. The number of amides is 1. The zero-order valence-corrected chi connectivity index (χ0v) is 17.3. The summed E-state index contributed by atoms with van der Waals surface area (Å²) in [6.45, 7) is 5.61. The van der Waals surface area contributed by atoms with Gasteiger partial charge in [-0.3, -0.25) is 9.69 Å². The van der Waals surface area contributed by atoms with Crippen molar-refractivity contribution in [1.29, 1.82) is 0 Å². The summed E-state index contributed by atoms with van der Waals surface area (Å²) in [6, 6.07) is 11.4. The van der Waals surface area contributed by atoms with Crippen LogP contribution in [0.25, 0.3) is 0 Å². The Kier molecular flexibility index (Phi) is 7.22. The average molecular weight is 422 g/mol. The second-order valence-electron chi connectivity index (χ2n) is 7.80. The van der Waals surface area contributed by atoms with E-state index >= 15 is 0 Å². The van der Waals surface area contributed by atoms with Gasteiger partial charge in [0.25, 0.3) is 0 Å². The van der Waals surface area contributed by atoms with Gasteiger partial charge in [-0.25, -0.2) is 8.78 Å². The van der Waals surface area contributed by atoms with Gasteiger partial charge < -0.3 is 10.6 Å². The van der Waals surface area contributed by atoms with E-state index in [1.54, 1.807) is 6.07 Å². The van der Waals surface area contributed by atoms with Gasteiger partial charge in [-0.1, -0.05) is 29.8 Å². The van der Waals surface area contributed by atoms with Gasteiger partial charge in [0.1, 0.15) is 0 Å². The van der Waals surface area contributed by atoms with Crippen molar-refractivity contribution in [1.82, 2.24) is 15.5 Å². The van der Waals surface area contributed by atoms with Crippen molar-refractivity contribution in [3.63, 3.8) is 0 Å². The number of nitrogens with one attached hydrogen (secondary N) is 2. The fourth-order valence-electron chi connectivity index (χ4n) is 3.62. The molecule has 1 amide bonds. The Hall–Kier alpha value is -2.02. The molecular formula is C22H26ClF2N3O. The van der Waals surface area contributed by atoms with E-state index in [9.17, 15) is 13.6 Å². The van der Waals surface area contributed by atoms with E-state index in [0.29, 0.717) is 36.6 Å². The Balaban J connectivity index is 1.66. The van der Waals surface area contributed by atoms with Gasteiger partial charge in [0.15, 0.2) is 11.6 Å². The van der Waals surface area contributed by atoms with E-state index < -0.39 is 11.6 Å². The molecule has 0 spiro atoms. The number of likely N-dealkylation sites (tertiary alicyclic amines) is 1. The van der Waals surface area contributed by atoms with Crippen molar-refractivity contribution in [2.24, 2.45) is 0 Å². The summed E-state index contributed by atoms with van der Waals surface area (Å²) in [7, 11) is 0. The van der Waals surface area contributed by atoms with Crippen LogP contribution in [0.15, 0.2) is 42.5 Å². The Morgan fingerprint density at radius 1 is 1.14 bits per heavy atom. The number of nitrogens with zero attached hydrogens (tertiary/aromatic N) is 1. The molecule has 2 aromatic carbocycles. The summed E-state index contributed by atoms with van der Waals surface area (Å²) in [5, 5.41) is 7.05. The summed E-state index contributed by atoms with van der Waals surface area (Å²) < 4.78 is 26.5. The molecule has 1 aliphatic rings. The lowest BCUT2D eigenvalue weighted by Gasteiger charge is -2.24. The molecule has 0 saturated carbocycles. The van der Waals surface area contributed by atoms with Gasteiger partial charge in [-0.15, -0.1) is 0 Å². The predicted octanol–water partition coefficient (Wildman–Crippen LogP) is 3.88. The molecule has 2 atom stereocenters. The molecule has 7 heteroatoms. The van der Waals surface area contributed by atoms with Crippen LogP contribution in [0.3, 0.4) is 0 Å². The Labute approximate surface area is 175 Å². The largest absolute Gasteiger partial charge is 0.353 e. The highest BCUT2D eigenvalue weighted by molar-refractivity contribution is 6.30. The molecule has 0 aromatic heterocycles. The van der Waals surface area contributed by atoms with E-state index in [0.717, 1.165) is 11.6 Å². The van der Waals surface area contributed by atoms with E-state index in [-0.39, 0.29) is 24.0 Å². The molecule has 0 aliphatic carbocycles. The maximum atomic E-state index is 13.4. The quantitative estimate of drug-likeness (QED) is 0.713. The van der Waals surface area contributed by atoms with Crippen molar-refractivity contribution in [2.45, 2.75) is 51.5 Å². The summed E-state index contributed by atoms with van der Waals surface area (Å²) in [4.78, 5) is 14.9. The van der Waals surface area contributed by atoms with Crippen LogP contribution in [0, 0.1) is 11.6 Å². The van der Waals surface area contributed by atoms with Gasteiger partial charge in [-0.2, -0.15) is 0 Å². The Morgan fingerprint density at radius 2 is 1.83 bits per heavy atom. The third-order valence-corrected chi connectivity index (χ3v) is 5.27. The van der Waals surface area contributed by atoms with Crippen LogP contribution < -0.4 is 10.6 Å². The van der Waals surface area contributed by atoms with E-state index in [1.165, 1.54) is 6.07 Å². The van der Waals surface area contributed by atoms with Crippen LogP contribution >= 0.6 is 11.6 Å². The van der Waals surface area contributed by atoms with Crippen LogP contribution in [0.5, 0.6) is 0 Å². The first-order valence-electron chi connectivity index (χ1n) is 9.78. The van der Waals surface area contributed by atoms with E-state index in [1.807, 2.05) is 38.1 Å². The number of carbonyl (C=O) groups is 1. The highest BCUT2D eigenvalue weighted by Gasteiger charge is 2.36. The van der Waals surface area contributed by atoms with Crippen molar-refractivity contribution in [3.8, 4) is 0 Å². The number of benzene rings is 2. The minimum atomic E-state index is -0.853. The van der Waals surface area contributed by atoms with Crippen LogP contribution in [-0.4, -0.2) is 35.5 Å². The molecule has 4 nitrogen and oxygen atoms in total. The SMILES string of the molecule is CC(C)NC(=O)[C@@H]1C[C@@H](NCc2ccc(F)c(F)c2)CN1Cc1ccc(Cl)cc1. The minimum absolute atomic E-state index is 0.00564. The van der Waals surface area contributed by atoms with E-state index in [4.69, 9.17) is 11.6 Å². The molecule has 156 valence electrons. The fraction of sp³-hybridized carbons (Fsp3) is 0.409. The average Bonchev–Trinajstić information content (AvgIpc) is 3.07. The Morgan fingerprint density at radius 3 is 2.48 bits per heavy atom. The van der Waals surface area contributed by atoms with Crippen LogP contribution in [0.4, 0.5) is 8.78 Å². The molecule has 1 heterocycles. The maximum Gasteiger partial charge on any atom is 0.237 e. The first-order valence-corrected chi connectivity index (χ1v) is 10.2. The molecule has 0 unspecified atom stereocenters. The normalized spacial score (nSPS) is 19.7. The lowest BCUT2D eigenvalue weighted by molar-refractivity contribution is -0.126. The predicted molar refractivity (Wildman–Crippen MR) is 111 cm³/mol. The lowest BCUT2D eigenvalue weighted by atomic mass is 10.1. The first kappa shape index (κ1) is 21.7. The molecule has 0 radical (unpaired) electrons. The van der Waals surface area contributed by atoms with E-state index in [2.05, 4.69) is 15.5 Å². The molecule has 29 heavy (non-hydrogen) atoms. The second kappa shape index (κ2) is 9.65. The van der Waals surface area contributed by atoms with Gasteiger partial charge >= 0.3 is 0 Å². The van der Waals surface area contributed by atoms with Crippen molar-refractivity contribution in [3.05, 3.63) is 70.2 Å².